The van der Waals surface area contributed by atoms with Gasteiger partial charge in [-0.15, -0.1) is 0 Å². The van der Waals surface area contributed by atoms with Gasteiger partial charge in [0.2, 0.25) is 0 Å². The first-order chi connectivity index (χ1) is 10.4. The van der Waals surface area contributed by atoms with E-state index in [9.17, 15) is 13.5 Å². The number of fused-ring (bicyclic) bond motifs is 1. The molecular weight excluding hydrogens is 302 g/mol. The molecule has 1 aromatic carbocycles. The number of aliphatic hydroxyl groups is 1. The van der Waals surface area contributed by atoms with Gasteiger partial charge in [-0.1, -0.05) is 24.3 Å². The topological polar surface area (TPSA) is 72.9 Å². The van der Waals surface area contributed by atoms with Crippen LogP contribution in [0.1, 0.15) is 17.5 Å². The summed E-state index contributed by atoms with van der Waals surface area (Å²) in [7, 11) is -1.64. The zero-order valence-corrected chi connectivity index (χ0v) is 13.6. The molecule has 2 aliphatic rings. The molecule has 2 aliphatic heterocycles. The molecule has 0 amide bonds. The fourth-order valence-corrected chi connectivity index (χ4v) is 4.47. The minimum absolute atomic E-state index is 0.0673. The molecule has 122 valence electrons. The van der Waals surface area contributed by atoms with Gasteiger partial charge in [-0.3, -0.25) is 0 Å². The Hall–Kier alpha value is -0.990. The quantitative estimate of drug-likeness (QED) is 0.814. The summed E-state index contributed by atoms with van der Waals surface area (Å²) in [6.45, 7) is 2.22. The molecule has 6 nitrogen and oxygen atoms in total. The van der Waals surface area contributed by atoms with Gasteiger partial charge >= 0.3 is 0 Å². The van der Waals surface area contributed by atoms with Crippen molar-refractivity contribution in [3.05, 3.63) is 35.4 Å². The highest BCUT2D eigenvalue weighted by Gasteiger charge is 2.36. The molecule has 7 heteroatoms. The molecule has 0 spiro atoms. The lowest BCUT2D eigenvalue weighted by Crippen LogP contribution is -2.50. The molecular formula is C15H23N3O3S. The summed E-state index contributed by atoms with van der Waals surface area (Å²) < 4.78 is 29.0. The normalized spacial score (nSPS) is 27.0. The number of rotatable bonds is 4. The van der Waals surface area contributed by atoms with E-state index in [0.717, 1.165) is 18.5 Å². The Balaban J connectivity index is 1.64. The minimum Gasteiger partial charge on any atom is -0.387 e. The molecule has 0 saturated carbocycles. The van der Waals surface area contributed by atoms with Crippen LogP contribution in [0.2, 0.25) is 0 Å². The maximum absolute atomic E-state index is 12.5. The fourth-order valence-electron chi connectivity index (χ4n) is 3.20. The molecule has 3 rings (SSSR count). The summed E-state index contributed by atoms with van der Waals surface area (Å²) in [5.74, 6) is 0. The van der Waals surface area contributed by atoms with Crippen LogP contribution in [0, 0.1) is 0 Å². The molecule has 0 radical (unpaired) electrons. The van der Waals surface area contributed by atoms with Crippen LogP contribution in [0.3, 0.4) is 0 Å². The number of benzene rings is 1. The highest BCUT2D eigenvalue weighted by molar-refractivity contribution is 7.87. The highest BCUT2D eigenvalue weighted by atomic mass is 32.2. The lowest BCUT2D eigenvalue weighted by atomic mass is 10.0. The van der Waals surface area contributed by atoms with E-state index < -0.39 is 15.8 Å². The largest absolute Gasteiger partial charge is 0.387 e. The number of likely N-dealkylation sites (N-methyl/N-ethyl adjacent to an activating group) is 1. The maximum atomic E-state index is 12.5. The number of hydrogen-bond acceptors (Lipinski definition) is 4. The maximum Gasteiger partial charge on any atom is 0.279 e. The Bertz CT molecular complexity index is 649. The lowest BCUT2D eigenvalue weighted by Gasteiger charge is -2.30. The van der Waals surface area contributed by atoms with Crippen molar-refractivity contribution in [2.45, 2.75) is 25.0 Å². The van der Waals surface area contributed by atoms with Gasteiger partial charge in [0.1, 0.15) is 0 Å². The lowest BCUT2D eigenvalue weighted by molar-refractivity contribution is 0.0567. The van der Waals surface area contributed by atoms with Gasteiger partial charge in [-0.25, -0.2) is 0 Å². The SMILES string of the molecule is CN1CCC(O)(CNS(=O)(=O)N2CCc3ccccc3C2)C1. The van der Waals surface area contributed by atoms with Gasteiger partial charge < -0.3 is 10.0 Å². The van der Waals surface area contributed by atoms with Gasteiger partial charge in [0.05, 0.1) is 5.60 Å². The molecule has 1 saturated heterocycles. The molecule has 22 heavy (non-hydrogen) atoms. The minimum atomic E-state index is -3.56. The number of nitrogens with one attached hydrogen (secondary N) is 1. The molecule has 1 atom stereocenters. The second-order valence-corrected chi connectivity index (χ2v) is 8.15. The second kappa shape index (κ2) is 5.90. The zero-order chi connectivity index (χ0) is 15.8. The van der Waals surface area contributed by atoms with E-state index in [0.29, 0.717) is 26.1 Å². The molecule has 2 N–H and O–H groups in total. The van der Waals surface area contributed by atoms with Crippen LogP contribution >= 0.6 is 0 Å². The van der Waals surface area contributed by atoms with Crippen molar-refractivity contribution < 1.29 is 13.5 Å². The predicted octanol–water partition coefficient (Wildman–Crippen LogP) is -0.0543. The number of likely N-dealkylation sites (tertiary alicyclic amines) is 1. The summed E-state index contributed by atoms with van der Waals surface area (Å²) in [6.07, 6.45) is 1.32. The van der Waals surface area contributed by atoms with Crippen molar-refractivity contribution in [3.63, 3.8) is 0 Å². The molecule has 0 aromatic heterocycles. The van der Waals surface area contributed by atoms with Gasteiger partial charge in [0.15, 0.2) is 0 Å². The van der Waals surface area contributed by atoms with Crippen LogP contribution in [-0.2, 0) is 23.2 Å². The third-order valence-corrected chi connectivity index (χ3v) is 6.04. The van der Waals surface area contributed by atoms with Crippen molar-refractivity contribution in [1.82, 2.24) is 13.9 Å². The van der Waals surface area contributed by atoms with Crippen molar-refractivity contribution in [3.8, 4) is 0 Å². The Morgan fingerprint density at radius 3 is 2.68 bits per heavy atom. The van der Waals surface area contributed by atoms with Crippen molar-refractivity contribution in [1.29, 1.82) is 0 Å². The van der Waals surface area contributed by atoms with Crippen LogP contribution in [-0.4, -0.2) is 61.6 Å². The van der Waals surface area contributed by atoms with Crippen LogP contribution in [0.4, 0.5) is 0 Å². The van der Waals surface area contributed by atoms with Gasteiger partial charge in [-0.2, -0.15) is 17.4 Å². The number of hydrogen-bond donors (Lipinski definition) is 2. The van der Waals surface area contributed by atoms with E-state index in [1.54, 1.807) is 0 Å². The van der Waals surface area contributed by atoms with Crippen LogP contribution in [0.25, 0.3) is 0 Å². The van der Waals surface area contributed by atoms with E-state index in [2.05, 4.69) is 4.72 Å². The predicted molar refractivity (Wildman–Crippen MR) is 84.5 cm³/mol. The Morgan fingerprint density at radius 1 is 1.27 bits per heavy atom. The van der Waals surface area contributed by atoms with Crippen molar-refractivity contribution in [2.24, 2.45) is 0 Å². The van der Waals surface area contributed by atoms with Crippen molar-refractivity contribution >= 4 is 10.2 Å². The van der Waals surface area contributed by atoms with Crippen molar-refractivity contribution in [2.75, 3.05) is 33.2 Å². The molecule has 1 aromatic rings. The summed E-state index contributed by atoms with van der Waals surface area (Å²) in [5, 5.41) is 10.4. The smallest absolute Gasteiger partial charge is 0.279 e. The summed E-state index contributed by atoms with van der Waals surface area (Å²) in [5.41, 5.74) is 1.30. The van der Waals surface area contributed by atoms with Crippen LogP contribution in [0.15, 0.2) is 24.3 Å². The average Bonchev–Trinajstić information content (AvgIpc) is 2.85. The first-order valence-electron chi connectivity index (χ1n) is 7.60. The Morgan fingerprint density at radius 2 is 2.00 bits per heavy atom. The first-order valence-corrected chi connectivity index (χ1v) is 9.04. The van der Waals surface area contributed by atoms with Gasteiger partial charge in [-0.05, 0) is 31.0 Å². The third-order valence-electron chi connectivity index (χ3n) is 4.54. The molecule has 2 heterocycles. The molecule has 1 unspecified atom stereocenters. The summed E-state index contributed by atoms with van der Waals surface area (Å²) in [6, 6.07) is 7.92. The van der Waals surface area contributed by atoms with E-state index in [-0.39, 0.29) is 6.54 Å². The van der Waals surface area contributed by atoms with Gasteiger partial charge in [0.25, 0.3) is 10.2 Å². The number of nitrogens with zero attached hydrogens (tertiary/aromatic N) is 2. The zero-order valence-electron chi connectivity index (χ0n) is 12.8. The highest BCUT2D eigenvalue weighted by Crippen LogP contribution is 2.22. The second-order valence-electron chi connectivity index (χ2n) is 6.39. The van der Waals surface area contributed by atoms with E-state index in [1.807, 2.05) is 36.2 Å². The first kappa shape index (κ1) is 15.9. The monoisotopic (exact) mass is 325 g/mol. The van der Waals surface area contributed by atoms with Crippen LogP contribution in [0.5, 0.6) is 0 Å². The van der Waals surface area contributed by atoms with Crippen LogP contribution < -0.4 is 4.72 Å². The molecule has 0 aliphatic carbocycles. The number of β-amino-alcohol motifs (C(OH)–C–C–N with tert-alkyl or cyclic N) is 1. The molecule has 0 bridgehead atoms. The Labute approximate surface area is 131 Å². The van der Waals surface area contributed by atoms with Gasteiger partial charge in [0, 0.05) is 32.7 Å². The van der Waals surface area contributed by atoms with E-state index >= 15 is 0 Å². The standard InChI is InChI=1S/C15H23N3O3S/c1-17-9-7-15(19,12-17)11-16-22(20,21)18-8-6-13-4-2-3-5-14(13)10-18/h2-5,16,19H,6-12H2,1H3. The third kappa shape index (κ3) is 3.33. The summed E-state index contributed by atoms with van der Waals surface area (Å²) in [4.78, 5) is 2.01. The Kier molecular flexibility index (Phi) is 4.26. The van der Waals surface area contributed by atoms with E-state index in [1.165, 1.54) is 9.87 Å². The average molecular weight is 325 g/mol. The fraction of sp³-hybridized carbons (Fsp3) is 0.600. The molecule has 1 fully saturated rings. The van der Waals surface area contributed by atoms with E-state index in [4.69, 9.17) is 0 Å². The summed E-state index contributed by atoms with van der Waals surface area (Å²) >= 11 is 0.